The number of benzene rings is 1. The molecule has 170 valence electrons. The third kappa shape index (κ3) is 4.17. The minimum atomic E-state index is -0.489. The summed E-state index contributed by atoms with van der Waals surface area (Å²) in [7, 11) is 3.23. The zero-order valence-electron chi connectivity index (χ0n) is 18.4. The molecule has 1 aromatic carbocycles. The van der Waals surface area contributed by atoms with Crippen LogP contribution in [0.15, 0.2) is 24.3 Å². The third-order valence-electron chi connectivity index (χ3n) is 5.83. The number of likely N-dealkylation sites (N-methyl/N-ethyl adjacent to an activating group) is 1. The van der Waals surface area contributed by atoms with Gasteiger partial charge < -0.3 is 24.2 Å². The smallest absolute Gasteiger partial charge is 0.409 e. The molecule has 2 aliphatic heterocycles. The zero-order chi connectivity index (χ0) is 22.8. The molecule has 1 fully saturated rings. The number of halogens is 1. The molecule has 2 aliphatic rings. The molecule has 0 aliphatic carbocycles. The molecule has 0 bridgehead atoms. The second-order valence-electron chi connectivity index (χ2n) is 7.75. The highest BCUT2D eigenvalue weighted by molar-refractivity contribution is 6.31. The molecule has 32 heavy (non-hydrogen) atoms. The minimum Gasteiger partial charge on any atom is -0.468 e. The highest BCUT2D eigenvalue weighted by Gasteiger charge is 2.37. The van der Waals surface area contributed by atoms with Gasteiger partial charge in [-0.1, -0.05) is 11.6 Å². The van der Waals surface area contributed by atoms with E-state index in [1.807, 2.05) is 43.1 Å². The van der Waals surface area contributed by atoms with Gasteiger partial charge in [-0.15, -0.1) is 0 Å². The van der Waals surface area contributed by atoms with Crippen LogP contribution in [0.25, 0.3) is 11.4 Å². The Bertz CT molecular complexity index is 1010. The minimum absolute atomic E-state index is 0.257. The number of piperazine rings is 1. The first-order valence-corrected chi connectivity index (χ1v) is 10.9. The maximum atomic E-state index is 12.1. The number of hydrogen-bond donors (Lipinski definition) is 0. The van der Waals surface area contributed by atoms with Crippen LogP contribution in [0.3, 0.4) is 0 Å². The molecule has 9 nitrogen and oxygen atoms in total. The first-order chi connectivity index (χ1) is 15.4. The van der Waals surface area contributed by atoms with Crippen LogP contribution in [0.4, 0.5) is 16.3 Å². The van der Waals surface area contributed by atoms with Gasteiger partial charge in [-0.05, 0) is 31.2 Å². The Balaban J connectivity index is 1.50. The molecule has 1 atom stereocenters. The van der Waals surface area contributed by atoms with Gasteiger partial charge in [-0.25, -0.2) is 14.8 Å². The summed E-state index contributed by atoms with van der Waals surface area (Å²) in [6.07, 6.45) is -0.257. The molecule has 1 unspecified atom stereocenters. The van der Waals surface area contributed by atoms with E-state index < -0.39 is 5.92 Å². The van der Waals surface area contributed by atoms with Gasteiger partial charge in [0.2, 0.25) is 0 Å². The highest BCUT2D eigenvalue weighted by Crippen LogP contribution is 2.40. The Kier molecular flexibility index (Phi) is 6.36. The number of nitrogens with zero attached hydrogens (tertiary/aromatic N) is 5. The topological polar surface area (TPSA) is 88.1 Å². The molecule has 0 radical (unpaired) electrons. The summed E-state index contributed by atoms with van der Waals surface area (Å²) in [6.45, 7) is 5.36. The molecular weight excluding hydrogens is 434 g/mol. The molecule has 1 saturated heterocycles. The number of anilines is 2. The van der Waals surface area contributed by atoms with Crippen LogP contribution in [0.5, 0.6) is 0 Å². The summed E-state index contributed by atoms with van der Waals surface area (Å²) in [4.78, 5) is 39.0. The van der Waals surface area contributed by atoms with Gasteiger partial charge in [0.25, 0.3) is 0 Å². The fourth-order valence-electron chi connectivity index (χ4n) is 4.12. The van der Waals surface area contributed by atoms with E-state index in [9.17, 15) is 9.59 Å². The largest absolute Gasteiger partial charge is 0.468 e. The number of carbonyl (C=O) groups is 2. The lowest BCUT2D eigenvalue weighted by atomic mass is 10.1. The molecule has 2 aromatic rings. The Morgan fingerprint density at radius 3 is 2.44 bits per heavy atom. The monoisotopic (exact) mass is 459 g/mol. The summed E-state index contributed by atoms with van der Waals surface area (Å²) in [5, 5.41) is 0.268. The van der Waals surface area contributed by atoms with Crippen molar-refractivity contribution in [2.75, 3.05) is 63.3 Å². The number of rotatable bonds is 4. The number of methoxy groups -OCH3 is 1. The molecule has 10 heteroatoms. The summed E-state index contributed by atoms with van der Waals surface area (Å²) in [5.74, 6) is 0.317. The normalized spacial score (nSPS) is 17.9. The van der Waals surface area contributed by atoms with Gasteiger partial charge in [0.1, 0.15) is 16.9 Å². The van der Waals surface area contributed by atoms with Crippen molar-refractivity contribution in [3.05, 3.63) is 35.0 Å². The Morgan fingerprint density at radius 1 is 1.12 bits per heavy atom. The molecule has 0 spiro atoms. The SMILES string of the molecule is CCOC(=O)N1CCN(c2ccc(-c3nc(Cl)c4c(n3)N(C)CC4C(=O)OC)cc2)CC1. The van der Waals surface area contributed by atoms with Crippen LogP contribution < -0.4 is 9.80 Å². The summed E-state index contributed by atoms with van der Waals surface area (Å²) >= 11 is 6.46. The lowest BCUT2D eigenvalue weighted by molar-refractivity contribution is -0.142. The average Bonchev–Trinajstić information content (AvgIpc) is 3.16. The molecule has 3 heterocycles. The second kappa shape index (κ2) is 9.20. The second-order valence-corrected chi connectivity index (χ2v) is 8.11. The molecule has 4 rings (SSSR count). The van der Waals surface area contributed by atoms with E-state index in [-0.39, 0.29) is 17.2 Å². The third-order valence-corrected chi connectivity index (χ3v) is 6.12. The van der Waals surface area contributed by atoms with E-state index in [1.165, 1.54) is 7.11 Å². The number of hydrogen-bond acceptors (Lipinski definition) is 8. The molecule has 1 amide bonds. The first-order valence-electron chi connectivity index (χ1n) is 10.6. The number of carbonyl (C=O) groups excluding carboxylic acids is 2. The Morgan fingerprint density at radius 2 is 1.81 bits per heavy atom. The van der Waals surface area contributed by atoms with Crippen molar-refractivity contribution in [3.63, 3.8) is 0 Å². The van der Waals surface area contributed by atoms with Crippen molar-refractivity contribution >= 4 is 35.2 Å². The number of fused-ring (bicyclic) bond motifs is 1. The zero-order valence-corrected chi connectivity index (χ0v) is 19.1. The number of aromatic nitrogens is 2. The van der Waals surface area contributed by atoms with Crippen LogP contribution in [0, 0.1) is 0 Å². The molecular formula is C22H26ClN5O4. The lowest BCUT2D eigenvalue weighted by Crippen LogP contribution is -2.49. The van der Waals surface area contributed by atoms with Crippen LogP contribution in [0.2, 0.25) is 5.15 Å². The Labute approximate surface area is 191 Å². The highest BCUT2D eigenvalue weighted by atomic mass is 35.5. The van der Waals surface area contributed by atoms with Crippen molar-refractivity contribution in [1.82, 2.24) is 14.9 Å². The number of esters is 1. The maximum absolute atomic E-state index is 12.1. The van der Waals surface area contributed by atoms with Crippen molar-refractivity contribution in [2.24, 2.45) is 0 Å². The van der Waals surface area contributed by atoms with E-state index in [0.717, 1.165) is 24.3 Å². The van der Waals surface area contributed by atoms with Gasteiger partial charge in [-0.2, -0.15) is 0 Å². The molecule has 0 N–H and O–H groups in total. The van der Waals surface area contributed by atoms with Gasteiger partial charge in [0, 0.05) is 56.6 Å². The first kappa shape index (κ1) is 22.1. The van der Waals surface area contributed by atoms with E-state index in [1.54, 1.807) is 4.90 Å². The predicted octanol–water partition coefficient (Wildman–Crippen LogP) is 2.78. The summed E-state index contributed by atoms with van der Waals surface area (Å²) < 4.78 is 9.98. The maximum Gasteiger partial charge on any atom is 0.409 e. The van der Waals surface area contributed by atoms with Crippen molar-refractivity contribution < 1.29 is 19.1 Å². The predicted molar refractivity (Wildman–Crippen MR) is 121 cm³/mol. The summed E-state index contributed by atoms with van der Waals surface area (Å²) in [6, 6.07) is 7.94. The average molecular weight is 460 g/mol. The van der Waals surface area contributed by atoms with Crippen LogP contribution in [-0.4, -0.2) is 80.4 Å². The fraction of sp³-hybridized carbons (Fsp3) is 0.455. The number of amides is 1. The van der Waals surface area contributed by atoms with Gasteiger partial charge in [0.05, 0.1) is 13.7 Å². The van der Waals surface area contributed by atoms with Crippen molar-refractivity contribution in [1.29, 1.82) is 0 Å². The van der Waals surface area contributed by atoms with Crippen LogP contribution in [0.1, 0.15) is 18.4 Å². The standard InChI is InChI=1S/C22H26ClN5O4/c1-4-32-22(30)28-11-9-27(10-12-28)15-7-5-14(6-8-15)19-24-18(23)17-16(21(29)31-3)13-26(2)20(17)25-19/h5-8,16H,4,9-13H2,1-3H3. The van der Waals surface area contributed by atoms with E-state index >= 15 is 0 Å². The van der Waals surface area contributed by atoms with Gasteiger partial charge in [-0.3, -0.25) is 4.79 Å². The molecule has 0 saturated carbocycles. The van der Waals surface area contributed by atoms with Crippen molar-refractivity contribution in [3.8, 4) is 11.4 Å². The van der Waals surface area contributed by atoms with Crippen molar-refractivity contribution in [2.45, 2.75) is 12.8 Å². The number of ether oxygens (including phenoxy) is 2. The van der Waals surface area contributed by atoms with E-state index in [4.69, 9.17) is 21.1 Å². The quantitative estimate of drug-likeness (QED) is 0.509. The van der Waals surface area contributed by atoms with Crippen LogP contribution >= 0.6 is 11.6 Å². The van der Waals surface area contributed by atoms with Crippen LogP contribution in [-0.2, 0) is 14.3 Å². The van der Waals surface area contributed by atoms with Gasteiger partial charge >= 0.3 is 12.1 Å². The lowest BCUT2D eigenvalue weighted by Gasteiger charge is -2.35. The van der Waals surface area contributed by atoms with E-state index in [0.29, 0.717) is 43.4 Å². The Hall–Kier alpha value is -3.07. The van der Waals surface area contributed by atoms with Gasteiger partial charge in [0.15, 0.2) is 5.82 Å². The fourth-order valence-corrected chi connectivity index (χ4v) is 4.42. The summed E-state index contributed by atoms with van der Waals surface area (Å²) in [5.41, 5.74) is 2.51. The van der Waals surface area contributed by atoms with E-state index in [2.05, 4.69) is 14.9 Å². The molecule has 1 aromatic heterocycles.